The van der Waals surface area contributed by atoms with Crippen LogP contribution in [0.5, 0.6) is 0 Å². The maximum Gasteiger partial charge on any atom is 0.273 e. The Kier molecular flexibility index (Phi) is 3.28. The topological polar surface area (TPSA) is 94.1 Å². The van der Waals surface area contributed by atoms with Crippen LogP contribution in [-0.2, 0) is 6.54 Å². The Morgan fingerprint density at radius 2 is 2.22 bits per heavy atom. The Labute approximate surface area is 101 Å². The Hall–Kier alpha value is -2.35. The van der Waals surface area contributed by atoms with Crippen LogP contribution in [0, 0.1) is 15.9 Å². The number of non-ortho nitro benzene ring substituents is 1. The maximum absolute atomic E-state index is 13.2. The van der Waals surface area contributed by atoms with E-state index in [4.69, 9.17) is 4.42 Å². The van der Waals surface area contributed by atoms with Gasteiger partial charge in [0.25, 0.3) is 5.69 Å². The number of benzene rings is 1. The van der Waals surface area contributed by atoms with Crippen LogP contribution in [0.25, 0.3) is 11.5 Å². The highest BCUT2D eigenvalue weighted by Crippen LogP contribution is 2.24. The minimum atomic E-state index is -0.729. The summed E-state index contributed by atoms with van der Waals surface area (Å²) in [7, 11) is 1.71. The zero-order chi connectivity index (χ0) is 13.1. The molecule has 1 heterocycles. The molecule has 0 unspecified atom stereocenters. The molecule has 0 fully saturated rings. The minimum absolute atomic E-state index is 0.0443. The quantitative estimate of drug-likeness (QED) is 0.654. The third-order valence-corrected chi connectivity index (χ3v) is 2.14. The zero-order valence-corrected chi connectivity index (χ0v) is 9.38. The summed E-state index contributed by atoms with van der Waals surface area (Å²) in [6.07, 6.45) is 0. The molecule has 7 nitrogen and oxygen atoms in total. The second kappa shape index (κ2) is 4.88. The molecular weight excluding hydrogens is 243 g/mol. The summed E-state index contributed by atoms with van der Waals surface area (Å²) in [5, 5.41) is 20.8. The van der Waals surface area contributed by atoms with E-state index in [2.05, 4.69) is 15.5 Å². The van der Waals surface area contributed by atoms with Crippen molar-refractivity contribution in [3.05, 3.63) is 40.0 Å². The Bertz CT molecular complexity index is 584. The number of nitrogens with one attached hydrogen (secondary N) is 1. The van der Waals surface area contributed by atoms with Gasteiger partial charge in [0, 0.05) is 11.6 Å². The minimum Gasteiger partial charge on any atom is -0.419 e. The zero-order valence-electron chi connectivity index (χ0n) is 9.38. The molecule has 1 aromatic heterocycles. The molecule has 2 aromatic rings. The van der Waals surface area contributed by atoms with Gasteiger partial charge in [-0.1, -0.05) is 0 Å². The number of rotatable bonds is 4. The normalized spacial score (nSPS) is 10.6. The highest BCUT2D eigenvalue weighted by Gasteiger charge is 2.15. The van der Waals surface area contributed by atoms with Crippen LogP contribution in [0.3, 0.4) is 0 Å². The van der Waals surface area contributed by atoms with Gasteiger partial charge in [-0.3, -0.25) is 10.1 Å². The van der Waals surface area contributed by atoms with Gasteiger partial charge in [0.2, 0.25) is 11.8 Å². The van der Waals surface area contributed by atoms with Gasteiger partial charge in [-0.2, -0.15) is 0 Å². The molecule has 1 N–H and O–H groups in total. The number of hydrogen-bond acceptors (Lipinski definition) is 6. The van der Waals surface area contributed by atoms with E-state index >= 15 is 0 Å². The molecule has 0 saturated carbocycles. The van der Waals surface area contributed by atoms with Gasteiger partial charge >= 0.3 is 0 Å². The third kappa shape index (κ3) is 2.48. The molecular formula is C10H9FN4O3. The van der Waals surface area contributed by atoms with Crippen LogP contribution in [0.4, 0.5) is 10.1 Å². The van der Waals surface area contributed by atoms with Crippen LogP contribution in [-0.4, -0.2) is 22.2 Å². The molecule has 94 valence electrons. The molecule has 8 heteroatoms. The van der Waals surface area contributed by atoms with Crippen molar-refractivity contribution in [3.63, 3.8) is 0 Å². The molecule has 0 amide bonds. The van der Waals surface area contributed by atoms with E-state index in [9.17, 15) is 14.5 Å². The van der Waals surface area contributed by atoms with Crippen LogP contribution in [0.15, 0.2) is 22.6 Å². The van der Waals surface area contributed by atoms with Crippen molar-refractivity contribution in [2.24, 2.45) is 0 Å². The lowest BCUT2D eigenvalue weighted by Gasteiger charge is -1.96. The van der Waals surface area contributed by atoms with Crippen molar-refractivity contribution in [2.45, 2.75) is 6.54 Å². The first-order chi connectivity index (χ1) is 8.60. The molecule has 0 atom stereocenters. The molecule has 0 aliphatic heterocycles. The van der Waals surface area contributed by atoms with E-state index in [0.29, 0.717) is 12.4 Å². The summed E-state index contributed by atoms with van der Waals surface area (Å²) >= 11 is 0. The molecule has 1 aromatic carbocycles. The van der Waals surface area contributed by atoms with Gasteiger partial charge in [-0.15, -0.1) is 10.2 Å². The van der Waals surface area contributed by atoms with Crippen LogP contribution >= 0.6 is 0 Å². The van der Waals surface area contributed by atoms with Gasteiger partial charge in [0.05, 0.1) is 17.5 Å². The van der Waals surface area contributed by atoms with Crippen molar-refractivity contribution in [1.82, 2.24) is 15.5 Å². The van der Waals surface area contributed by atoms with E-state index in [1.165, 1.54) is 6.07 Å². The number of aromatic nitrogens is 2. The molecule has 0 bridgehead atoms. The maximum atomic E-state index is 13.2. The van der Waals surface area contributed by atoms with E-state index in [-0.39, 0.29) is 17.1 Å². The first-order valence-corrected chi connectivity index (χ1v) is 5.02. The summed E-state index contributed by atoms with van der Waals surface area (Å²) < 4.78 is 18.4. The summed E-state index contributed by atoms with van der Waals surface area (Å²) in [5.41, 5.74) is -0.185. The van der Waals surface area contributed by atoms with Crippen LogP contribution < -0.4 is 5.32 Å². The van der Waals surface area contributed by atoms with Gasteiger partial charge in [0.1, 0.15) is 5.82 Å². The van der Waals surface area contributed by atoms with E-state index in [0.717, 1.165) is 12.1 Å². The van der Waals surface area contributed by atoms with Gasteiger partial charge in [0.15, 0.2) is 0 Å². The van der Waals surface area contributed by atoms with Crippen LogP contribution in [0.2, 0.25) is 0 Å². The highest BCUT2D eigenvalue weighted by molar-refractivity contribution is 5.57. The lowest BCUT2D eigenvalue weighted by Crippen LogP contribution is -2.04. The van der Waals surface area contributed by atoms with Crippen molar-refractivity contribution in [3.8, 4) is 11.5 Å². The third-order valence-electron chi connectivity index (χ3n) is 2.14. The molecule has 0 aliphatic carbocycles. The van der Waals surface area contributed by atoms with Gasteiger partial charge < -0.3 is 9.73 Å². The first kappa shape index (κ1) is 12.1. The predicted octanol–water partition coefficient (Wildman–Crippen LogP) is 1.50. The fourth-order valence-electron chi connectivity index (χ4n) is 1.40. The average Bonchev–Trinajstić information content (AvgIpc) is 2.77. The monoisotopic (exact) mass is 252 g/mol. The Balaban J connectivity index is 2.39. The molecule has 2 rings (SSSR count). The van der Waals surface area contributed by atoms with Crippen molar-refractivity contribution in [1.29, 1.82) is 0 Å². The van der Waals surface area contributed by atoms with E-state index in [1.54, 1.807) is 7.05 Å². The lowest BCUT2D eigenvalue weighted by molar-refractivity contribution is -0.385. The predicted molar refractivity (Wildman–Crippen MR) is 59.1 cm³/mol. The van der Waals surface area contributed by atoms with E-state index in [1.807, 2.05) is 0 Å². The summed E-state index contributed by atoms with van der Waals surface area (Å²) in [6.45, 7) is 0.365. The Morgan fingerprint density at radius 1 is 1.44 bits per heavy atom. The van der Waals surface area contributed by atoms with Crippen molar-refractivity contribution in [2.75, 3.05) is 7.05 Å². The smallest absolute Gasteiger partial charge is 0.273 e. The molecule has 18 heavy (non-hydrogen) atoms. The highest BCUT2D eigenvalue weighted by atomic mass is 19.1. The number of nitrogens with zero attached hydrogens (tertiary/aromatic N) is 3. The molecule has 0 saturated heterocycles. The van der Waals surface area contributed by atoms with Crippen molar-refractivity contribution < 1.29 is 13.7 Å². The fraction of sp³-hybridized carbons (Fsp3) is 0.200. The van der Waals surface area contributed by atoms with Gasteiger partial charge in [-0.05, 0) is 13.1 Å². The molecule has 0 aliphatic rings. The summed E-state index contributed by atoms with van der Waals surface area (Å²) in [6, 6.07) is 3.11. The molecule has 0 spiro atoms. The second-order valence-corrected chi connectivity index (χ2v) is 3.49. The number of halogens is 1. The number of nitro groups is 1. The second-order valence-electron chi connectivity index (χ2n) is 3.49. The fourth-order valence-corrected chi connectivity index (χ4v) is 1.40. The largest absolute Gasteiger partial charge is 0.419 e. The average molecular weight is 252 g/mol. The SMILES string of the molecule is CNCc1nnc(-c2cc(F)cc([N+](=O)[O-])c2)o1. The summed E-state index contributed by atoms with van der Waals surface area (Å²) in [5.74, 6) is -0.366. The van der Waals surface area contributed by atoms with Crippen LogP contribution in [0.1, 0.15) is 5.89 Å². The number of nitro benzene ring substituents is 1. The number of hydrogen-bond donors (Lipinski definition) is 1. The van der Waals surface area contributed by atoms with E-state index < -0.39 is 10.7 Å². The molecule has 0 radical (unpaired) electrons. The Morgan fingerprint density at radius 3 is 2.89 bits per heavy atom. The van der Waals surface area contributed by atoms with Crippen molar-refractivity contribution >= 4 is 5.69 Å². The summed E-state index contributed by atoms with van der Waals surface area (Å²) in [4.78, 5) is 9.92. The van der Waals surface area contributed by atoms with Gasteiger partial charge in [-0.25, -0.2) is 4.39 Å². The first-order valence-electron chi connectivity index (χ1n) is 5.02. The standard InChI is InChI=1S/C10H9FN4O3/c1-12-5-9-13-14-10(18-9)6-2-7(11)4-8(3-6)15(16)17/h2-4,12H,5H2,1H3. The lowest BCUT2D eigenvalue weighted by atomic mass is 10.2.